The van der Waals surface area contributed by atoms with Gasteiger partial charge in [-0.25, -0.2) is 0 Å². The van der Waals surface area contributed by atoms with Crippen LogP contribution in [0.5, 0.6) is 0 Å². The number of fused-ring (bicyclic) bond motifs is 3. The average Bonchev–Trinajstić information content (AvgIpc) is 3.00. The second-order valence-corrected chi connectivity index (χ2v) is 10.1. The van der Waals surface area contributed by atoms with Gasteiger partial charge in [-0.15, -0.1) is 5.92 Å². The predicted octanol–water partition coefficient (Wildman–Crippen LogP) is 5.40. The van der Waals surface area contributed by atoms with Crippen molar-refractivity contribution >= 4 is 11.5 Å². The Morgan fingerprint density at radius 1 is 1.13 bits per heavy atom. The smallest absolute Gasteiger partial charge is 0.156 e. The number of carbonyl (C=O) groups excluding carboxylic acids is 1. The largest absolute Gasteiger partial charge is 0.388 e. The number of nitrogens with one attached hydrogen (secondary N) is 1. The highest BCUT2D eigenvalue weighted by molar-refractivity contribution is 5.93. The third-order valence-electron chi connectivity index (χ3n) is 9.07. The van der Waals surface area contributed by atoms with Crippen LogP contribution in [0, 0.1) is 29.1 Å². The lowest BCUT2D eigenvalue weighted by Gasteiger charge is -2.61. The molecular weight excluding hydrogens is 382 g/mol. The summed E-state index contributed by atoms with van der Waals surface area (Å²) in [5.74, 6) is 8.73. The summed E-state index contributed by atoms with van der Waals surface area (Å²) in [6, 6.07) is 9.03. The van der Waals surface area contributed by atoms with E-state index in [9.17, 15) is 4.79 Å². The Balaban J connectivity index is 1.52. The van der Waals surface area contributed by atoms with Gasteiger partial charge in [0.1, 0.15) is 5.60 Å². The number of benzene rings is 1. The molecular formula is C28H31NO2. The molecule has 31 heavy (non-hydrogen) atoms. The fourth-order valence-corrected chi connectivity index (χ4v) is 7.73. The van der Waals surface area contributed by atoms with Gasteiger partial charge in [0, 0.05) is 30.5 Å². The zero-order chi connectivity index (χ0) is 21.2. The summed E-state index contributed by atoms with van der Waals surface area (Å²) in [4.78, 5) is 12.2. The van der Waals surface area contributed by atoms with Gasteiger partial charge < -0.3 is 10.1 Å². The third-order valence-corrected chi connectivity index (χ3v) is 9.07. The van der Waals surface area contributed by atoms with Crippen LogP contribution in [-0.4, -0.2) is 25.0 Å². The van der Waals surface area contributed by atoms with E-state index in [4.69, 9.17) is 4.74 Å². The maximum atomic E-state index is 12.2. The number of anilines is 1. The first-order valence-corrected chi connectivity index (χ1v) is 11.9. The molecule has 1 aromatic carbocycles. The molecule has 0 amide bonds. The van der Waals surface area contributed by atoms with Crippen molar-refractivity contribution in [3.8, 4) is 11.8 Å². The minimum atomic E-state index is -0.232. The van der Waals surface area contributed by atoms with E-state index in [0.717, 1.165) is 38.0 Å². The van der Waals surface area contributed by atoms with Crippen LogP contribution >= 0.6 is 0 Å². The van der Waals surface area contributed by atoms with Crippen molar-refractivity contribution in [2.45, 2.75) is 63.4 Å². The molecule has 160 valence electrons. The lowest BCUT2D eigenvalue weighted by Crippen LogP contribution is -2.64. The normalized spacial score (nSPS) is 37.9. The molecule has 2 saturated carbocycles. The Bertz CT molecular complexity index is 1070. The van der Waals surface area contributed by atoms with E-state index in [2.05, 4.69) is 41.4 Å². The van der Waals surface area contributed by atoms with E-state index >= 15 is 0 Å². The van der Waals surface area contributed by atoms with E-state index < -0.39 is 0 Å². The van der Waals surface area contributed by atoms with E-state index in [1.165, 1.54) is 29.6 Å². The first-order valence-electron chi connectivity index (χ1n) is 11.9. The Hall–Kier alpha value is -2.31. The van der Waals surface area contributed by atoms with Gasteiger partial charge in [0.25, 0.3) is 0 Å². The summed E-state index contributed by atoms with van der Waals surface area (Å²) in [6.07, 6.45) is 9.21. The maximum absolute atomic E-state index is 12.2. The van der Waals surface area contributed by atoms with E-state index in [-0.39, 0.29) is 11.0 Å². The van der Waals surface area contributed by atoms with E-state index in [1.807, 2.05) is 20.0 Å². The van der Waals surface area contributed by atoms with Crippen molar-refractivity contribution < 1.29 is 9.53 Å². The molecule has 4 aliphatic carbocycles. The van der Waals surface area contributed by atoms with Crippen molar-refractivity contribution in [2.24, 2.45) is 17.3 Å². The highest BCUT2D eigenvalue weighted by atomic mass is 16.5. The number of ether oxygens (including phenoxy) is 1. The number of allylic oxidation sites excluding steroid dienone is 4. The monoisotopic (exact) mass is 413 g/mol. The first kappa shape index (κ1) is 19.4. The summed E-state index contributed by atoms with van der Waals surface area (Å²) < 4.78 is 6.31. The molecule has 1 saturated heterocycles. The molecule has 0 radical (unpaired) electrons. The van der Waals surface area contributed by atoms with Gasteiger partial charge in [0.2, 0.25) is 0 Å². The van der Waals surface area contributed by atoms with Gasteiger partial charge in [-0.05, 0) is 92.2 Å². The molecule has 1 spiro atoms. The quantitative estimate of drug-likeness (QED) is 0.660. The summed E-state index contributed by atoms with van der Waals surface area (Å²) in [7, 11) is 1.97. The molecule has 1 N–H and O–H groups in total. The minimum Gasteiger partial charge on any atom is -0.388 e. The minimum absolute atomic E-state index is 0.183. The second-order valence-electron chi connectivity index (χ2n) is 10.1. The molecule has 3 heteroatoms. The maximum Gasteiger partial charge on any atom is 0.156 e. The highest BCUT2D eigenvalue weighted by Gasteiger charge is 2.71. The number of hydrogen-bond acceptors (Lipinski definition) is 3. The topological polar surface area (TPSA) is 38.3 Å². The van der Waals surface area contributed by atoms with Gasteiger partial charge in [0.15, 0.2) is 5.78 Å². The van der Waals surface area contributed by atoms with Crippen molar-refractivity contribution in [1.29, 1.82) is 0 Å². The number of ketones is 1. The molecule has 0 unspecified atom stereocenters. The Morgan fingerprint density at radius 3 is 2.68 bits per heavy atom. The summed E-state index contributed by atoms with van der Waals surface area (Å²) in [5.41, 5.74) is 7.02. The van der Waals surface area contributed by atoms with E-state index in [0.29, 0.717) is 30.0 Å². The predicted molar refractivity (Wildman–Crippen MR) is 123 cm³/mol. The van der Waals surface area contributed by atoms with Crippen LogP contribution in [0.4, 0.5) is 5.69 Å². The van der Waals surface area contributed by atoms with Gasteiger partial charge in [-0.2, -0.15) is 0 Å². The van der Waals surface area contributed by atoms with Crippen LogP contribution in [0.3, 0.4) is 0 Å². The zero-order valence-corrected chi connectivity index (χ0v) is 18.6. The lowest BCUT2D eigenvalue weighted by atomic mass is 9.49. The number of carbonyl (C=O) groups is 1. The van der Waals surface area contributed by atoms with Crippen LogP contribution in [0.1, 0.15) is 63.4 Å². The van der Waals surface area contributed by atoms with Crippen molar-refractivity contribution in [1.82, 2.24) is 0 Å². The second kappa shape index (κ2) is 6.84. The summed E-state index contributed by atoms with van der Waals surface area (Å²) >= 11 is 0. The number of hydrogen-bond donors (Lipinski definition) is 1. The molecule has 1 heterocycles. The van der Waals surface area contributed by atoms with Crippen molar-refractivity contribution in [2.75, 3.05) is 19.0 Å². The molecule has 3 nitrogen and oxygen atoms in total. The molecule has 0 aromatic heterocycles. The van der Waals surface area contributed by atoms with Crippen LogP contribution in [0.15, 0.2) is 47.1 Å². The molecule has 5 atom stereocenters. The van der Waals surface area contributed by atoms with Gasteiger partial charge in [0.05, 0.1) is 6.61 Å². The van der Waals surface area contributed by atoms with Gasteiger partial charge in [-0.1, -0.05) is 23.6 Å². The Kier molecular flexibility index (Phi) is 4.28. The summed E-state index contributed by atoms with van der Waals surface area (Å²) in [5, 5.41) is 3.25. The molecule has 3 fully saturated rings. The van der Waals surface area contributed by atoms with Crippen LogP contribution in [0.2, 0.25) is 0 Å². The van der Waals surface area contributed by atoms with Crippen LogP contribution in [-0.2, 0) is 9.53 Å². The SMILES string of the molecule is CC#C[C@]12CC[C@H]3[C@@H]4CCC5=CC(=O)CCC5=C4[C@@H](c4ccc(NC)cc4)C[C@@]31CO2. The standard InChI is InChI=1S/C28H31NO2/c1-3-13-28-14-12-25-23-10-6-19-15-21(30)9-11-22(19)26(23)24(16-27(25,28)17-31-28)18-4-7-20(29-2)8-5-18/h4-5,7-8,15,23-25,29H,6,9-12,14,16-17H2,1-2H3/t23-,24+,25-,27+,28-/m0/s1. The summed E-state index contributed by atoms with van der Waals surface area (Å²) in [6.45, 7) is 2.82. The molecule has 0 bridgehead atoms. The van der Waals surface area contributed by atoms with E-state index in [1.54, 1.807) is 5.57 Å². The Morgan fingerprint density at radius 2 is 1.97 bits per heavy atom. The average molecular weight is 414 g/mol. The fourth-order valence-electron chi connectivity index (χ4n) is 7.73. The third kappa shape index (κ3) is 2.55. The van der Waals surface area contributed by atoms with Gasteiger partial charge in [-0.3, -0.25) is 4.79 Å². The lowest BCUT2D eigenvalue weighted by molar-refractivity contribution is -0.245. The van der Waals surface area contributed by atoms with Crippen LogP contribution < -0.4 is 5.32 Å². The fraction of sp³-hybridized carbons (Fsp3) is 0.536. The zero-order valence-electron chi connectivity index (χ0n) is 18.6. The van der Waals surface area contributed by atoms with Crippen molar-refractivity contribution in [3.05, 3.63) is 52.6 Å². The first-order chi connectivity index (χ1) is 15.1. The number of rotatable bonds is 2. The van der Waals surface area contributed by atoms with Crippen LogP contribution in [0.25, 0.3) is 0 Å². The van der Waals surface area contributed by atoms with Gasteiger partial charge >= 0.3 is 0 Å². The molecule has 1 aromatic rings. The Labute approximate surface area is 185 Å². The molecule has 5 aliphatic rings. The van der Waals surface area contributed by atoms with Crippen molar-refractivity contribution in [3.63, 3.8) is 0 Å². The molecule has 6 rings (SSSR count). The highest BCUT2D eigenvalue weighted by Crippen LogP contribution is 2.71. The molecule has 1 aliphatic heterocycles.